The molecule has 2 heterocycles. The van der Waals surface area contributed by atoms with Crippen LogP contribution in [0.1, 0.15) is 23.3 Å². The number of carboxylic acid groups (broad SMARTS) is 1. The Hall–Kier alpha value is -2.87. The molecule has 1 saturated heterocycles. The van der Waals surface area contributed by atoms with E-state index in [1.54, 1.807) is 11.0 Å². The molecule has 26 heavy (non-hydrogen) atoms. The lowest BCUT2D eigenvalue weighted by Crippen LogP contribution is -2.54. The molecule has 1 aliphatic heterocycles. The number of hydrogen-bond acceptors (Lipinski definition) is 4. The predicted molar refractivity (Wildman–Crippen MR) is 95.9 cm³/mol. The molecule has 2 aromatic rings. The highest BCUT2D eigenvalue weighted by molar-refractivity contribution is 6.00. The number of aromatic nitrogens is 1. The van der Waals surface area contributed by atoms with E-state index < -0.39 is 17.9 Å². The quantitative estimate of drug-likeness (QED) is 0.602. The largest absolute Gasteiger partial charge is 0.481 e. The highest BCUT2D eigenvalue weighted by Crippen LogP contribution is 2.15. The summed E-state index contributed by atoms with van der Waals surface area (Å²) in [6.45, 7) is 2.47. The maximum atomic E-state index is 12.7. The van der Waals surface area contributed by atoms with Crippen LogP contribution in [0.2, 0.25) is 0 Å². The third kappa shape index (κ3) is 4.20. The third-order valence-electron chi connectivity index (χ3n) is 4.45. The van der Waals surface area contributed by atoms with Crippen LogP contribution < -0.4 is 10.6 Å². The molecule has 0 bridgehead atoms. The van der Waals surface area contributed by atoms with Gasteiger partial charge in [0.25, 0.3) is 5.91 Å². The zero-order valence-electron chi connectivity index (χ0n) is 14.3. The second-order valence-electron chi connectivity index (χ2n) is 6.30. The lowest BCUT2D eigenvalue weighted by Gasteiger charge is -2.31. The van der Waals surface area contributed by atoms with Crippen molar-refractivity contribution in [2.75, 3.05) is 26.2 Å². The van der Waals surface area contributed by atoms with E-state index in [2.05, 4.69) is 15.6 Å². The first-order valence-electron chi connectivity index (χ1n) is 8.64. The van der Waals surface area contributed by atoms with Gasteiger partial charge in [-0.3, -0.25) is 14.4 Å². The number of aromatic amines is 1. The van der Waals surface area contributed by atoms with Gasteiger partial charge in [0.15, 0.2) is 0 Å². The van der Waals surface area contributed by atoms with Gasteiger partial charge in [-0.1, -0.05) is 18.2 Å². The molecular formula is C18H22N4O4. The van der Waals surface area contributed by atoms with Crippen LogP contribution in [0.15, 0.2) is 30.3 Å². The van der Waals surface area contributed by atoms with Crippen molar-refractivity contribution in [3.63, 3.8) is 0 Å². The number of carboxylic acids is 1. The summed E-state index contributed by atoms with van der Waals surface area (Å²) in [7, 11) is 0. The maximum Gasteiger partial charge on any atom is 0.303 e. The van der Waals surface area contributed by atoms with E-state index in [1.165, 1.54) is 0 Å². The van der Waals surface area contributed by atoms with Gasteiger partial charge in [0.1, 0.15) is 11.7 Å². The van der Waals surface area contributed by atoms with E-state index in [9.17, 15) is 14.4 Å². The van der Waals surface area contributed by atoms with Crippen molar-refractivity contribution in [3.05, 3.63) is 36.0 Å². The van der Waals surface area contributed by atoms with Crippen LogP contribution in [0.4, 0.5) is 0 Å². The van der Waals surface area contributed by atoms with Crippen LogP contribution in [0.3, 0.4) is 0 Å². The Morgan fingerprint density at radius 2 is 1.92 bits per heavy atom. The second-order valence-corrected chi connectivity index (χ2v) is 6.30. The summed E-state index contributed by atoms with van der Waals surface area (Å²) in [5.74, 6) is -1.65. The van der Waals surface area contributed by atoms with Crippen molar-refractivity contribution < 1.29 is 19.5 Å². The Bertz CT molecular complexity index is 777. The van der Waals surface area contributed by atoms with Gasteiger partial charge in [0.2, 0.25) is 5.91 Å². The molecule has 0 radical (unpaired) electrons. The molecule has 3 rings (SSSR count). The van der Waals surface area contributed by atoms with E-state index in [0.29, 0.717) is 31.9 Å². The first-order valence-corrected chi connectivity index (χ1v) is 8.64. The van der Waals surface area contributed by atoms with Gasteiger partial charge < -0.3 is 25.6 Å². The Kier molecular flexibility index (Phi) is 5.52. The van der Waals surface area contributed by atoms with Crippen LogP contribution in [-0.2, 0) is 9.59 Å². The molecule has 2 amide bonds. The summed E-state index contributed by atoms with van der Waals surface area (Å²) in [5.41, 5.74) is 1.17. The topological polar surface area (TPSA) is 115 Å². The first kappa shape index (κ1) is 17.9. The van der Waals surface area contributed by atoms with Gasteiger partial charge in [-0.2, -0.15) is 0 Å². The Morgan fingerprint density at radius 3 is 2.62 bits per heavy atom. The van der Waals surface area contributed by atoms with Crippen molar-refractivity contribution in [2.24, 2.45) is 0 Å². The van der Waals surface area contributed by atoms with E-state index in [-0.39, 0.29) is 18.7 Å². The molecule has 0 spiro atoms. The number of hydrogen-bond donors (Lipinski definition) is 4. The van der Waals surface area contributed by atoms with Crippen molar-refractivity contribution >= 4 is 28.7 Å². The predicted octanol–water partition coefficient (Wildman–Crippen LogP) is 0.563. The fourth-order valence-corrected chi connectivity index (χ4v) is 3.06. The van der Waals surface area contributed by atoms with Gasteiger partial charge in [0, 0.05) is 43.5 Å². The van der Waals surface area contributed by atoms with Crippen LogP contribution in [0.5, 0.6) is 0 Å². The molecule has 0 unspecified atom stereocenters. The Morgan fingerprint density at radius 1 is 1.19 bits per heavy atom. The van der Waals surface area contributed by atoms with E-state index in [1.807, 2.05) is 24.3 Å². The van der Waals surface area contributed by atoms with E-state index in [0.717, 1.165) is 10.9 Å². The molecule has 4 N–H and O–H groups in total. The number of H-pyrrole nitrogens is 1. The second kappa shape index (κ2) is 8.01. The molecule has 1 aromatic heterocycles. The van der Waals surface area contributed by atoms with Crippen molar-refractivity contribution in [3.8, 4) is 0 Å². The fourth-order valence-electron chi connectivity index (χ4n) is 3.06. The van der Waals surface area contributed by atoms with E-state index in [4.69, 9.17) is 5.11 Å². The van der Waals surface area contributed by atoms with Crippen molar-refractivity contribution in [2.45, 2.75) is 18.9 Å². The molecule has 1 aromatic carbocycles. The van der Waals surface area contributed by atoms with Gasteiger partial charge in [-0.25, -0.2) is 0 Å². The zero-order valence-corrected chi connectivity index (χ0v) is 14.3. The third-order valence-corrected chi connectivity index (χ3v) is 4.45. The summed E-state index contributed by atoms with van der Waals surface area (Å²) in [4.78, 5) is 40.9. The molecule has 1 fully saturated rings. The number of fused-ring (bicyclic) bond motifs is 1. The van der Waals surface area contributed by atoms with Crippen molar-refractivity contribution in [1.82, 2.24) is 20.5 Å². The summed E-state index contributed by atoms with van der Waals surface area (Å²) in [6.07, 6.45) is -0.125. The lowest BCUT2D eigenvalue weighted by atomic mass is 10.1. The molecule has 1 aliphatic rings. The lowest BCUT2D eigenvalue weighted by molar-refractivity contribution is -0.138. The number of carbonyl (C=O) groups is 3. The van der Waals surface area contributed by atoms with Crippen LogP contribution >= 0.6 is 0 Å². The SMILES string of the molecule is O=C(O)CC[C@H](NC(=O)c1cc2ccccc2[nH]1)C(=O)N1CCNCC1. The summed E-state index contributed by atoms with van der Waals surface area (Å²) in [6, 6.07) is 8.35. The van der Waals surface area contributed by atoms with Gasteiger partial charge in [-0.05, 0) is 18.6 Å². The molecule has 0 aliphatic carbocycles. The smallest absolute Gasteiger partial charge is 0.303 e. The first-order chi connectivity index (χ1) is 12.5. The zero-order chi connectivity index (χ0) is 18.5. The summed E-state index contributed by atoms with van der Waals surface area (Å²) in [5, 5.41) is 15.7. The fraction of sp³-hybridized carbons (Fsp3) is 0.389. The number of rotatable bonds is 6. The van der Waals surface area contributed by atoms with Crippen LogP contribution in [-0.4, -0.2) is 65.0 Å². The molecule has 8 nitrogen and oxygen atoms in total. The normalized spacial score (nSPS) is 15.6. The Balaban J connectivity index is 1.73. The standard InChI is InChI=1S/C18H22N4O4/c23-16(24)6-5-14(18(26)22-9-7-19-8-10-22)21-17(25)15-11-12-3-1-2-4-13(12)20-15/h1-4,11,14,19-20H,5-10H2,(H,21,25)(H,23,24)/t14-/m0/s1. The summed E-state index contributed by atoms with van der Waals surface area (Å²) < 4.78 is 0. The molecular weight excluding hydrogens is 336 g/mol. The minimum atomic E-state index is -0.997. The number of carbonyl (C=O) groups excluding carboxylic acids is 2. The molecule has 0 saturated carbocycles. The maximum absolute atomic E-state index is 12.7. The molecule has 1 atom stereocenters. The highest BCUT2D eigenvalue weighted by Gasteiger charge is 2.28. The number of nitrogens with one attached hydrogen (secondary N) is 3. The van der Waals surface area contributed by atoms with E-state index >= 15 is 0 Å². The van der Waals surface area contributed by atoms with Gasteiger partial charge >= 0.3 is 5.97 Å². The summed E-state index contributed by atoms with van der Waals surface area (Å²) >= 11 is 0. The number of nitrogens with zero attached hydrogens (tertiary/aromatic N) is 1. The number of benzene rings is 1. The monoisotopic (exact) mass is 358 g/mol. The minimum absolute atomic E-state index is 0.0596. The molecule has 138 valence electrons. The van der Waals surface area contributed by atoms with Crippen molar-refractivity contribution in [1.29, 1.82) is 0 Å². The van der Waals surface area contributed by atoms with Gasteiger partial charge in [0.05, 0.1) is 0 Å². The average molecular weight is 358 g/mol. The Labute approximate surface area is 150 Å². The number of amides is 2. The number of para-hydroxylation sites is 1. The average Bonchev–Trinajstić information content (AvgIpc) is 3.09. The number of aliphatic carboxylic acids is 1. The van der Waals surface area contributed by atoms with Crippen LogP contribution in [0, 0.1) is 0 Å². The molecule has 8 heteroatoms. The van der Waals surface area contributed by atoms with Crippen LogP contribution in [0.25, 0.3) is 10.9 Å². The van der Waals surface area contributed by atoms with Gasteiger partial charge in [-0.15, -0.1) is 0 Å². The number of piperazine rings is 1. The highest BCUT2D eigenvalue weighted by atomic mass is 16.4. The minimum Gasteiger partial charge on any atom is -0.481 e.